The molecule has 0 unspecified atom stereocenters. The number of Topliss-reactive ketones (excluding diaryl/α,β-unsaturated/α-hetero) is 1. The molecule has 0 aliphatic heterocycles. The zero-order valence-corrected chi connectivity index (χ0v) is 16.6. The van der Waals surface area contributed by atoms with Crippen molar-refractivity contribution < 1.29 is 9.21 Å². The van der Waals surface area contributed by atoms with Gasteiger partial charge in [-0.05, 0) is 17.4 Å². The van der Waals surface area contributed by atoms with Crippen LogP contribution < -0.4 is 0 Å². The summed E-state index contributed by atoms with van der Waals surface area (Å²) in [5.41, 5.74) is 3.57. The van der Waals surface area contributed by atoms with Crippen molar-refractivity contribution in [2.45, 2.75) is 33.1 Å². The van der Waals surface area contributed by atoms with E-state index in [1.54, 1.807) is 0 Å². The van der Waals surface area contributed by atoms with Crippen molar-refractivity contribution in [2.24, 2.45) is 10.4 Å². The first-order valence-electron chi connectivity index (χ1n) is 9.73. The number of carbonyl (C=O) groups excluding carboxylic acids is 1. The molecule has 0 bridgehead atoms. The van der Waals surface area contributed by atoms with Crippen molar-refractivity contribution in [1.29, 1.82) is 5.26 Å². The number of carbonyl (C=O) groups is 1. The SMILES string of the molecule is CC1(C)CC(=O)CC(=Nc2oc(-c3ccccc3)c(-c3ccccc3)c2C#N)C1. The third kappa shape index (κ3) is 3.90. The van der Waals surface area contributed by atoms with E-state index in [9.17, 15) is 10.1 Å². The average molecular weight is 382 g/mol. The molecule has 1 aliphatic carbocycles. The molecule has 0 N–H and O–H groups in total. The summed E-state index contributed by atoms with van der Waals surface area (Å²) in [4.78, 5) is 16.8. The maximum atomic E-state index is 12.2. The lowest BCUT2D eigenvalue weighted by atomic mass is 9.76. The molecule has 2 aromatic carbocycles. The summed E-state index contributed by atoms with van der Waals surface area (Å²) in [6.07, 6.45) is 1.59. The highest BCUT2D eigenvalue weighted by Crippen LogP contribution is 2.43. The molecule has 1 heterocycles. The number of furan rings is 1. The van der Waals surface area contributed by atoms with Crippen LogP contribution in [0, 0.1) is 16.7 Å². The number of aliphatic imine (C=N–C) groups is 1. The van der Waals surface area contributed by atoms with Crippen molar-refractivity contribution >= 4 is 17.4 Å². The minimum atomic E-state index is -0.127. The summed E-state index contributed by atoms with van der Waals surface area (Å²) < 4.78 is 6.16. The maximum absolute atomic E-state index is 12.2. The highest BCUT2D eigenvalue weighted by Gasteiger charge is 2.31. The summed E-state index contributed by atoms with van der Waals surface area (Å²) in [6.45, 7) is 4.13. The average Bonchev–Trinajstić information content (AvgIpc) is 3.06. The van der Waals surface area contributed by atoms with Crippen LogP contribution in [-0.4, -0.2) is 11.5 Å². The van der Waals surface area contributed by atoms with E-state index in [0.717, 1.165) is 22.4 Å². The van der Waals surface area contributed by atoms with Crippen molar-refractivity contribution in [1.82, 2.24) is 0 Å². The molecule has 0 spiro atoms. The molecule has 1 aliphatic rings. The number of rotatable bonds is 3. The van der Waals surface area contributed by atoms with Gasteiger partial charge < -0.3 is 4.42 Å². The van der Waals surface area contributed by atoms with Crippen molar-refractivity contribution in [2.75, 3.05) is 0 Å². The fourth-order valence-corrected chi connectivity index (χ4v) is 4.00. The third-order valence-corrected chi connectivity index (χ3v) is 5.12. The lowest BCUT2D eigenvalue weighted by Crippen LogP contribution is -2.28. The molecular formula is C25H22N2O2. The fraction of sp³-hybridized carbons (Fsp3) is 0.240. The van der Waals surface area contributed by atoms with E-state index in [-0.39, 0.29) is 17.1 Å². The molecule has 0 amide bonds. The molecule has 144 valence electrons. The van der Waals surface area contributed by atoms with E-state index in [2.05, 4.69) is 24.9 Å². The first-order valence-corrected chi connectivity index (χ1v) is 9.73. The Balaban J connectivity index is 1.90. The second-order valence-electron chi connectivity index (χ2n) is 8.24. The van der Waals surface area contributed by atoms with Gasteiger partial charge in [0.1, 0.15) is 23.2 Å². The maximum Gasteiger partial charge on any atom is 0.238 e. The number of nitrogens with zero attached hydrogens (tertiary/aromatic N) is 2. The van der Waals surface area contributed by atoms with Crippen LogP contribution in [0.3, 0.4) is 0 Å². The molecule has 0 radical (unpaired) electrons. The second-order valence-corrected chi connectivity index (χ2v) is 8.24. The minimum Gasteiger partial charge on any atom is -0.436 e. The molecule has 29 heavy (non-hydrogen) atoms. The van der Waals surface area contributed by atoms with Crippen LogP contribution in [0.4, 0.5) is 5.88 Å². The van der Waals surface area contributed by atoms with Gasteiger partial charge in [-0.25, -0.2) is 4.99 Å². The first kappa shape index (κ1) is 18.9. The van der Waals surface area contributed by atoms with Gasteiger partial charge in [-0.15, -0.1) is 0 Å². The van der Waals surface area contributed by atoms with Crippen LogP contribution in [-0.2, 0) is 4.79 Å². The lowest BCUT2D eigenvalue weighted by molar-refractivity contribution is -0.120. The molecule has 4 heteroatoms. The Morgan fingerprint density at radius 3 is 2.17 bits per heavy atom. The second kappa shape index (κ2) is 7.52. The largest absolute Gasteiger partial charge is 0.436 e. The van der Waals surface area contributed by atoms with Crippen LogP contribution in [0.15, 0.2) is 70.1 Å². The molecule has 1 aromatic heterocycles. The molecule has 3 aromatic rings. The van der Waals surface area contributed by atoms with E-state index in [1.165, 1.54) is 0 Å². The van der Waals surface area contributed by atoms with Gasteiger partial charge >= 0.3 is 0 Å². The summed E-state index contributed by atoms with van der Waals surface area (Å²) in [7, 11) is 0. The van der Waals surface area contributed by atoms with Crippen LogP contribution in [0.2, 0.25) is 0 Å². The molecule has 4 rings (SSSR count). The zero-order valence-electron chi connectivity index (χ0n) is 16.6. The number of nitriles is 1. The highest BCUT2D eigenvalue weighted by molar-refractivity contribution is 6.06. The van der Waals surface area contributed by atoms with Crippen LogP contribution in [0.5, 0.6) is 0 Å². The van der Waals surface area contributed by atoms with Gasteiger partial charge in [-0.3, -0.25) is 4.79 Å². The zero-order chi connectivity index (χ0) is 20.4. The first-order chi connectivity index (χ1) is 14.0. The summed E-state index contributed by atoms with van der Waals surface area (Å²) in [5.74, 6) is 1.08. The van der Waals surface area contributed by atoms with Crippen molar-refractivity contribution in [3.8, 4) is 28.5 Å². The van der Waals surface area contributed by atoms with Gasteiger partial charge in [0.25, 0.3) is 0 Å². The predicted octanol–water partition coefficient (Wildman–Crippen LogP) is 6.34. The molecular weight excluding hydrogens is 360 g/mol. The van der Waals surface area contributed by atoms with Gasteiger partial charge in [0.05, 0.1) is 0 Å². The smallest absolute Gasteiger partial charge is 0.238 e. The monoisotopic (exact) mass is 382 g/mol. The molecule has 1 saturated carbocycles. The minimum absolute atomic E-state index is 0.127. The van der Waals surface area contributed by atoms with Crippen LogP contribution in [0.1, 0.15) is 38.7 Å². The van der Waals surface area contributed by atoms with Crippen LogP contribution >= 0.6 is 0 Å². The summed E-state index contributed by atoms with van der Waals surface area (Å²) >= 11 is 0. The molecule has 4 nitrogen and oxygen atoms in total. The number of hydrogen-bond acceptors (Lipinski definition) is 4. The topological polar surface area (TPSA) is 66.4 Å². The van der Waals surface area contributed by atoms with Crippen molar-refractivity contribution in [3.05, 3.63) is 66.2 Å². The van der Waals surface area contributed by atoms with E-state index in [1.807, 2.05) is 60.7 Å². The third-order valence-electron chi connectivity index (χ3n) is 5.12. The molecule has 0 saturated heterocycles. The van der Waals surface area contributed by atoms with Gasteiger partial charge in [0.2, 0.25) is 5.88 Å². The predicted molar refractivity (Wildman–Crippen MR) is 114 cm³/mol. The number of benzene rings is 2. The Morgan fingerprint density at radius 2 is 1.59 bits per heavy atom. The van der Waals surface area contributed by atoms with Crippen LogP contribution in [0.25, 0.3) is 22.5 Å². The quantitative estimate of drug-likeness (QED) is 0.531. The Hall–Kier alpha value is -3.45. The van der Waals surface area contributed by atoms with E-state index >= 15 is 0 Å². The standard InChI is InChI=1S/C25H22N2O2/c1-25(2)14-19(13-20(28)15-25)27-24-21(16-26)22(17-9-5-3-6-10-17)23(29-24)18-11-7-4-8-12-18/h3-12H,13-15H2,1-2H3. The van der Waals surface area contributed by atoms with E-state index in [0.29, 0.717) is 30.6 Å². The fourth-order valence-electron chi connectivity index (χ4n) is 4.00. The highest BCUT2D eigenvalue weighted by atomic mass is 16.4. The Kier molecular flexibility index (Phi) is 4.90. The Labute approximate surface area is 170 Å². The molecule has 0 atom stereocenters. The Bertz CT molecular complexity index is 1120. The van der Waals surface area contributed by atoms with E-state index in [4.69, 9.17) is 4.42 Å². The van der Waals surface area contributed by atoms with Gasteiger partial charge in [-0.2, -0.15) is 5.26 Å². The van der Waals surface area contributed by atoms with E-state index < -0.39 is 0 Å². The van der Waals surface area contributed by atoms with Gasteiger partial charge in [0.15, 0.2) is 0 Å². The van der Waals surface area contributed by atoms with Gasteiger partial charge in [-0.1, -0.05) is 74.5 Å². The number of hydrogen-bond donors (Lipinski definition) is 0. The summed E-state index contributed by atoms with van der Waals surface area (Å²) in [5, 5.41) is 9.96. The van der Waals surface area contributed by atoms with Crippen molar-refractivity contribution in [3.63, 3.8) is 0 Å². The Morgan fingerprint density at radius 1 is 0.966 bits per heavy atom. The molecule has 1 fully saturated rings. The van der Waals surface area contributed by atoms with Gasteiger partial charge in [0, 0.05) is 29.7 Å². The lowest BCUT2D eigenvalue weighted by Gasteiger charge is -2.29. The summed E-state index contributed by atoms with van der Waals surface area (Å²) in [6, 6.07) is 21.7. The normalized spacial score (nSPS) is 17.3. The number of ketones is 1.